The number of anilines is 3. The van der Waals surface area contributed by atoms with Crippen molar-refractivity contribution in [2.75, 3.05) is 17.2 Å². The molecule has 0 radical (unpaired) electrons. The van der Waals surface area contributed by atoms with Gasteiger partial charge < -0.3 is 10.6 Å². The lowest BCUT2D eigenvalue weighted by Crippen LogP contribution is -2.07. The van der Waals surface area contributed by atoms with E-state index in [4.69, 9.17) is 11.6 Å². The van der Waals surface area contributed by atoms with Gasteiger partial charge in [-0.25, -0.2) is 9.97 Å². The summed E-state index contributed by atoms with van der Waals surface area (Å²) in [6.45, 7) is 5.17. The van der Waals surface area contributed by atoms with Crippen LogP contribution in [0.25, 0.3) is 0 Å². The second-order valence-corrected chi connectivity index (χ2v) is 5.30. The van der Waals surface area contributed by atoms with Gasteiger partial charge in [0, 0.05) is 29.7 Å². The molecule has 1 aromatic heterocycles. The highest BCUT2D eigenvalue weighted by atomic mass is 35.5. The smallest absolute Gasteiger partial charge is 0.136 e. The minimum atomic E-state index is 0.722. The fourth-order valence-electron chi connectivity index (χ4n) is 1.92. The highest BCUT2D eigenvalue weighted by molar-refractivity contribution is 6.30. The lowest BCUT2D eigenvalue weighted by Gasteiger charge is -2.11. The first-order valence-corrected chi connectivity index (χ1v) is 7.73. The summed E-state index contributed by atoms with van der Waals surface area (Å²) in [6.07, 6.45) is 2.96. The number of benzene rings is 1. The predicted molar refractivity (Wildman–Crippen MR) is 89.5 cm³/mol. The normalized spacial score (nSPS) is 10.4. The monoisotopic (exact) mass is 304 g/mol. The molecule has 0 atom stereocenters. The molecule has 5 heteroatoms. The molecular formula is C16H21ClN4. The van der Waals surface area contributed by atoms with Crippen LogP contribution in [0.4, 0.5) is 17.3 Å². The van der Waals surface area contributed by atoms with Crippen molar-refractivity contribution in [3.8, 4) is 0 Å². The van der Waals surface area contributed by atoms with E-state index in [0.717, 1.165) is 54.0 Å². The van der Waals surface area contributed by atoms with Crippen LogP contribution in [0.2, 0.25) is 5.02 Å². The van der Waals surface area contributed by atoms with Gasteiger partial charge in [0.15, 0.2) is 0 Å². The molecule has 4 nitrogen and oxygen atoms in total. The van der Waals surface area contributed by atoms with Crippen molar-refractivity contribution in [1.82, 2.24) is 9.97 Å². The van der Waals surface area contributed by atoms with Crippen LogP contribution >= 0.6 is 11.6 Å². The Bertz CT molecular complexity index is 569. The predicted octanol–water partition coefficient (Wildman–Crippen LogP) is 4.65. The number of nitrogens with one attached hydrogen (secondary N) is 2. The van der Waals surface area contributed by atoms with Crippen molar-refractivity contribution < 1.29 is 0 Å². The lowest BCUT2D eigenvalue weighted by atomic mass is 10.3. The van der Waals surface area contributed by atoms with Gasteiger partial charge in [-0.3, -0.25) is 0 Å². The number of aromatic nitrogens is 2. The van der Waals surface area contributed by atoms with Crippen molar-refractivity contribution in [2.45, 2.75) is 33.1 Å². The summed E-state index contributed by atoms with van der Waals surface area (Å²) < 4.78 is 0. The Morgan fingerprint density at radius 1 is 1.00 bits per heavy atom. The van der Waals surface area contributed by atoms with Crippen LogP contribution in [0.1, 0.15) is 32.5 Å². The van der Waals surface area contributed by atoms with Gasteiger partial charge in [-0.05, 0) is 37.1 Å². The van der Waals surface area contributed by atoms with Gasteiger partial charge in [0.2, 0.25) is 0 Å². The Kier molecular flexibility index (Phi) is 5.81. The molecule has 1 heterocycles. The fraction of sp³-hybridized carbons (Fsp3) is 0.375. The molecule has 0 spiro atoms. The summed E-state index contributed by atoms with van der Waals surface area (Å²) in [5.74, 6) is 2.52. The average molecular weight is 305 g/mol. The number of hydrogen-bond acceptors (Lipinski definition) is 4. The highest BCUT2D eigenvalue weighted by Crippen LogP contribution is 2.20. The Morgan fingerprint density at radius 3 is 2.38 bits per heavy atom. The first-order chi connectivity index (χ1) is 10.2. The highest BCUT2D eigenvalue weighted by Gasteiger charge is 2.04. The molecule has 0 fully saturated rings. The van der Waals surface area contributed by atoms with Crippen LogP contribution < -0.4 is 10.6 Å². The third kappa shape index (κ3) is 4.90. The number of aryl methyl sites for hydroxylation is 1. The van der Waals surface area contributed by atoms with Gasteiger partial charge >= 0.3 is 0 Å². The maximum absolute atomic E-state index is 5.90. The molecule has 2 aromatic rings. The van der Waals surface area contributed by atoms with Gasteiger partial charge in [0.05, 0.1) is 0 Å². The van der Waals surface area contributed by atoms with E-state index in [1.54, 1.807) is 0 Å². The Balaban J connectivity index is 2.19. The molecule has 0 bridgehead atoms. The average Bonchev–Trinajstić information content (AvgIpc) is 2.48. The quantitative estimate of drug-likeness (QED) is 0.782. The number of rotatable bonds is 7. The van der Waals surface area contributed by atoms with Gasteiger partial charge in [-0.2, -0.15) is 0 Å². The zero-order valence-corrected chi connectivity index (χ0v) is 13.2. The van der Waals surface area contributed by atoms with Gasteiger partial charge in [-0.15, -0.1) is 0 Å². The van der Waals surface area contributed by atoms with Crippen LogP contribution in [0, 0.1) is 0 Å². The summed E-state index contributed by atoms with van der Waals surface area (Å²) >= 11 is 5.90. The minimum absolute atomic E-state index is 0.722. The molecule has 112 valence electrons. The molecule has 2 N–H and O–H groups in total. The van der Waals surface area contributed by atoms with Crippen molar-refractivity contribution in [1.29, 1.82) is 0 Å². The first kappa shape index (κ1) is 15.6. The molecule has 0 unspecified atom stereocenters. The van der Waals surface area contributed by atoms with Crippen LogP contribution in [-0.4, -0.2) is 16.5 Å². The Labute approximate surface area is 131 Å². The molecule has 2 rings (SSSR count). The lowest BCUT2D eigenvalue weighted by molar-refractivity contribution is 0.834. The van der Waals surface area contributed by atoms with E-state index in [2.05, 4.69) is 34.4 Å². The van der Waals surface area contributed by atoms with E-state index >= 15 is 0 Å². The molecule has 0 aliphatic carbocycles. The van der Waals surface area contributed by atoms with Crippen molar-refractivity contribution in [2.24, 2.45) is 0 Å². The summed E-state index contributed by atoms with van der Waals surface area (Å²) in [5, 5.41) is 7.34. The topological polar surface area (TPSA) is 49.8 Å². The van der Waals surface area contributed by atoms with E-state index in [1.165, 1.54) is 0 Å². The molecular weight excluding hydrogens is 284 g/mol. The standard InChI is InChI=1S/C16H21ClN4/c1-3-5-14-20-15(18-10-4-2)11-16(21-14)19-13-8-6-12(17)7-9-13/h6-9,11H,3-5,10H2,1-2H3,(H2,18,19,20,21). The molecule has 0 aliphatic heterocycles. The van der Waals surface area contributed by atoms with E-state index in [1.807, 2.05) is 30.3 Å². The van der Waals surface area contributed by atoms with Gasteiger partial charge in [0.1, 0.15) is 17.5 Å². The third-order valence-corrected chi connectivity index (χ3v) is 3.17. The van der Waals surface area contributed by atoms with Crippen molar-refractivity contribution in [3.63, 3.8) is 0 Å². The van der Waals surface area contributed by atoms with Crippen molar-refractivity contribution >= 4 is 28.9 Å². The van der Waals surface area contributed by atoms with Crippen molar-refractivity contribution in [3.05, 3.63) is 41.2 Å². The number of halogens is 1. The molecule has 0 amide bonds. The third-order valence-electron chi connectivity index (χ3n) is 2.92. The second kappa shape index (κ2) is 7.84. The first-order valence-electron chi connectivity index (χ1n) is 7.35. The van der Waals surface area contributed by atoms with E-state index in [-0.39, 0.29) is 0 Å². The number of hydrogen-bond donors (Lipinski definition) is 2. The minimum Gasteiger partial charge on any atom is -0.370 e. The second-order valence-electron chi connectivity index (χ2n) is 4.86. The molecule has 21 heavy (non-hydrogen) atoms. The van der Waals surface area contributed by atoms with Crippen LogP contribution in [0.3, 0.4) is 0 Å². The van der Waals surface area contributed by atoms with Crippen LogP contribution in [0.5, 0.6) is 0 Å². The largest absolute Gasteiger partial charge is 0.370 e. The van der Waals surface area contributed by atoms with Gasteiger partial charge in [0.25, 0.3) is 0 Å². The molecule has 1 aromatic carbocycles. The molecule has 0 saturated carbocycles. The summed E-state index contributed by atoms with van der Waals surface area (Å²) in [7, 11) is 0. The van der Waals surface area contributed by atoms with E-state index in [9.17, 15) is 0 Å². The summed E-state index contributed by atoms with van der Waals surface area (Å²) in [4.78, 5) is 9.09. The molecule has 0 aliphatic rings. The number of nitrogens with zero attached hydrogens (tertiary/aromatic N) is 2. The van der Waals surface area contributed by atoms with Crippen LogP contribution in [-0.2, 0) is 6.42 Å². The summed E-state index contributed by atoms with van der Waals surface area (Å²) in [5.41, 5.74) is 0.960. The Hall–Kier alpha value is -1.81. The zero-order chi connectivity index (χ0) is 15.1. The van der Waals surface area contributed by atoms with E-state index < -0.39 is 0 Å². The maximum Gasteiger partial charge on any atom is 0.136 e. The van der Waals surface area contributed by atoms with E-state index in [0.29, 0.717) is 0 Å². The summed E-state index contributed by atoms with van der Waals surface area (Å²) in [6, 6.07) is 9.51. The molecule has 0 saturated heterocycles. The maximum atomic E-state index is 5.90. The van der Waals surface area contributed by atoms with Gasteiger partial charge in [-0.1, -0.05) is 25.4 Å². The fourth-order valence-corrected chi connectivity index (χ4v) is 2.05. The zero-order valence-electron chi connectivity index (χ0n) is 12.5. The SMILES string of the molecule is CCCNc1cc(Nc2ccc(Cl)cc2)nc(CCC)n1. The van der Waals surface area contributed by atoms with Crippen LogP contribution in [0.15, 0.2) is 30.3 Å². The Morgan fingerprint density at radius 2 is 1.71 bits per heavy atom.